The highest BCUT2D eigenvalue weighted by molar-refractivity contribution is 5.34. The summed E-state index contributed by atoms with van der Waals surface area (Å²) in [6.07, 6.45) is 1.72. The molecule has 0 aliphatic rings. The fourth-order valence-corrected chi connectivity index (χ4v) is 2.53. The Morgan fingerprint density at radius 3 is 2.20 bits per heavy atom. The van der Waals surface area contributed by atoms with E-state index >= 15 is 0 Å². The summed E-state index contributed by atoms with van der Waals surface area (Å²) in [5.41, 5.74) is 3.75. The molecule has 2 nitrogen and oxygen atoms in total. The average molecular weight is 270 g/mol. The van der Waals surface area contributed by atoms with Crippen LogP contribution >= 0.6 is 0 Å². The van der Waals surface area contributed by atoms with Gasteiger partial charge in [-0.2, -0.15) is 0 Å². The first-order valence-corrected chi connectivity index (χ1v) is 7.02. The van der Waals surface area contributed by atoms with E-state index in [-0.39, 0.29) is 12.5 Å². The number of para-hydroxylation sites is 1. The largest absolute Gasteiger partial charge is 0.496 e. The average Bonchev–Trinajstić information content (AvgIpc) is 2.49. The minimum absolute atomic E-state index is 0.187. The zero-order valence-electron chi connectivity index (χ0n) is 12.2. The molecule has 1 N–H and O–H groups in total. The van der Waals surface area contributed by atoms with Crippen LogP contribution in [0, 0.1) is 12.8 Å². The Hall–Kier alpha value is -1.80. The van der Waals surface area contributed by atoms with E-state index in [2.05, 4.69) is 31.2 Å². The first kappa shape index (κ1) is 14.6. The summed E-state index contributed by atoms with van der Waals surface area (Å²) in [6, 6.07) is 16.4. The van der Waals surface area contributed by atoms with Crippen LogP contribution in [-0.4, -0.2) is 18.8 Å². The molecule has 0 spiro atoms. The van der Waals surface area contributed by atoms with Crippen LogP contribution in [0.15, 0.2) is 48.5 Å². The van der Waals surface area contributed by atoms with E-state index in [1.54, 1.807) is 7.11 Å². The fourth-order valence-electron chi connectivity index (χ4n) is 2.53. The molecule has 2 rings (SSSR count). The molecule has 0 aromatic heterocycles. The number of aryl methyl sites for hydroxylation is 1. The second-order valence-corrected chi connectivity index (χ2v) is 5.20. The Labute approximate surface area is 121 Å². The highest BCUT2D eigenvalue weighted by Crippen LogP contribution is 2.23. The van der Waals surface area contributed by atoms with Gasteiger partial charge in [0.05, 0.1) is 7.11 Å². The monoisotopic (exact) mass is 270 g/mol. The van der Waals surface area contributed by atoms with Gasteiger partial charge in [0.1, 0.15) is 5.75 Å². The Bertz CT molecular complexity index is 549. The number of rotatable bonds is 6. The molecule has 106 valence electrons. The van der Waals surface area contributed by atoms with Crippen LogP contribution in [0.25, 0.3) is 0 Å². The van der Waals surface area contributed by atoms with Crippen LogP contribution < -0.4 is 4.74 Å². The summed E-state index contributed by atoms with van der Waals surface area (Å²) in [6.45, 7) is 2.30. The van der Waals surface area contributed by atoms with Crippen LogP contribution in [0.3, 0.4) is 0 Å². The van der Waals surface area contributed by atoms with Crippen molar-refractivity contribution in [3.63, 3.8) is 0 Å². The lowest BCUT2D eigenvalue weighted by Crippen LogP contribution is -2.14. The number of methoxy groups -OCH3 is 1. The molecule has 0 fully saturated rings. The SMILES string of the molecule is COc1ccccc1CC(CO)Cc1ccccc1C. The molecule has 1 atom stereocenters. The number of hydrogen-bond donors (Lipinski definition) is 1. The van der Waals surface area contributed by atoms with Crippen LogP contribution in [0.2, 0.25) is 0 Å². The molecular formula is C18H22O2. The van der Waals surface area contributed by atoms with Gasteiger partial charge in [-0.25, -0.2) is 0 Å². The van der Waals surface area contributed by atoms with Gasteiger partial charge in [0, 0.05) is 6.61 Å². The maximum absolute atomic E-state index is 9.66. The van der Waals surface area contributed by atoms with Gasteiger partial charge in [0.15, 0.2) is 0 Å². The molecule has 1 unspecified atom stereocenters. The molecule has 2 aromatic carbocycles. The molecule has 2 heteroatoms. The lowest BCUT2D eigenvalue weighted by atomic mass is 9.91. The molecule has 2 aromatic rings. The van der Waals surface area contributed by atoms with Crippen molar-refractivity contribution >= 4 is 0 Å². The Balaban J connectivity index is 2.11. The number of ether oxygens (including phenoxy) is 1. The van der Waals surface area contributed by atoms with E-state index < -0.39 is 0 Å². The summed E-state index contributed by atoms with van der Waals surface area (Å²) in [4.78, 5) is 0. The number of aliphatic hydroxyl groups is 1. The van der Waals surface area contributed by atoms with E-state index in [1.165, 1.54) is 11.1 Å². The third-order valence-electron chi connectivity index (χ3n) is 3.73. The topological polar surface area (TPSA) is 29.5 Å². The Kier molecular flexibility index (Phi) is 5.19. The minimum atomic E-state index is 0.187. The third kappa shape index (κ3) is 3.61. The molecule has 0 amide bonds. The zero-order valence-corrected chi connectivity index (χ0v) is 12.2. The van der Waals surface area contributed by atoms with Crippen LogP contribution in [-0.2, 0) is 12.8 Å². The van der Waals surface area contributed by atoms with Gasteiger partial charge < -0.3 is 9.84 Å². The van der Waals surface area contributed by atoms with Gasteiger partial charge in [0.2, 0.25) is 0 Å². The smallest absolute Gasteiger partial charge is 0.122 e. The molecule has 20 heavy (non-hydrogen) atoms. The maximum atomic E-state index is 9.66. The lowest BCUT2D eigenvalue weighted by molar-refractivity contribution is 0.224. The van der Waals surface area contributed by atoms with E-state index in [0.29, 0.717) is 0 Å². The predicted molar refractivity (Wildman–Crippen MR) is 82.2 cm³/mol. The first-order chi connectivity index (χ1) is 9.74. The normalized spacial score (nSPS) is 12.2. The Morgan fingerprint density at radius 1 is 0.950 bits per heavy atom. The minimum Gasteiger partial charge on any atom is -0.496 e. The van der Waals surface area contributed by atoms with Gasteiger partial charge in [-0.1, -0.05) is 42.5 Å². The molecule has 0 saturated carbocycles. The van der Waals surface area contributed by atoms with Crippen LogP contribution in [0.1, 0.15) is 16.7 Å². The van der Waals surface area contributed by atoms with E-state index in [1.807, 2.05) is 24.3 Å². The van der Waals surface area contributed by atoms with Crippen molar-refractivity contribution in [1.82, 2.24) is 0 Å². The van der Waals surface area contributed by atoms with Crippen molar-refractivity contribution in [2.24, 2.45) is 5.92 Å². The second kappa shape index (κ2) is 7.11. The van der Waals surface area contributed by atoms with E-state index in [4.69, 9.17) is 4.74 Å². The summed E-state index contributed by atoms with van der Waals surface area (Å²) in [5, 5.41) is 9.66. The first-order valence-electron chi connectivity index (χ1n) is 7.02. The molecule has 0 heterocycles. The Morgan fingerprint density at radius 2 is 1.55 bits per heavy atom. The number of hydrogen-bond acceptors (Lipinski definition) is 2. The van der Waals surface area contributed by atoms with Crippen LogP contribution in [0.5, 0.6) is 5.75 Å². The second-order valence-electron chi connectivity index (χ2n) is 5.20. The van der Waals surface area contributed by atoms with Gasteiger partial charge in [-0.05, 0) is 48.4 Å². The van der Waals surface area contributed by atoms with Crippen molar-refractivity contribution in [2.75, 3.05) is 13.7 Å². The third-order valence-corrected chi connectivity index (χ3v) is 3.73. The highest BCUT2D eigenvalue weighted by atomic mass is 16.5. The summed E-state index contributed by atoms with van der Waals surface area (Å²) in [5.74, 6) is 1.11. The van der Waals surface area contributed by atoms with Crippen molar-refractivity contribution < 1.29 is 9.84 Å². The van der Waals surface area contributed by atoms with Gasteiger partial charge in [-0.3, -0.25) is 0 Å². The molecule has 0 saturated heterocycles. The molecule has 0 aliphatic carbocycles. The highest BCUT2D eigenvalue weighted by Gasteiger charge is 2.13. The van der Waals surface area contributed by atoms with E-state index in [0.717, 1.165) is 24.2 Å². The van der Waals surface area contributed by atoms with Crippen molar-refractivity contribution in [2.45, 2.75) is 19.8 Å². The van der Waals surface area contributed by atoms with Crippen molar-refractivity contribution in [3.05, 3.63) is 65.2 Å². The summed E-state index contributed by atoms with van der Waals surface area (Å²) < 4.78 is 5.38. The standard InChI is InChI=1S/C18H22O2/c1-14-7-3-4-8-16(14)11-15(13-19)12-17-9-5-6-10-18(17)20-2/h3-10,15,19H,11-13H2,1-2H3. The summed E-state index contributed by atoms with van der Waals surface area (Å²) in [7, 11) is 1.69. The van der Waals surface area contributed by atoms with Crippen LogP contribution in [0.4, 0.5) is 0 Å². The molecule has 0 radical (unpaired) electrons. The van der Waals surface area contributed by atoms with Crippen molar-refractivity contribution in [3.8, 4) is 5.75 Å². The maximum Gasteiger partial charge on any atom is 0.122 e. The van der Waals surface area contributed by atoms with Gasteiger partial charge in [-0.15, -0.1) is 0 Å². The molecule has 0 aliphatic heterocycles. The van der Waals surface area contributed by atoms with Gasteiger partial charge in [0.25, 0.3) is 0 Å². The quantitative estimate of drug-likeness (QED) is 0.871. The number of benzene rings is 2. The fraction of sp³-hybridized carbons (Fsp3) is 0.333. The zero-order chi connectivity index (χ0) is 14.4. The lowest BCUT2D eigenvalue weighted by Gasteiger charge is -2.17. The van der Waals surface area contributed by atoms with Crippen molar-refractivity contribution in [1.29, 1.82) is 0 Å². The summed E-state index contributed by atoms with van der Waals surface area (Å²) >= 11 is 0. The molecular weight excluding hydrogens is 248 g/mol. The van der Waals surface area contributed by atoms with Gasteiger partial charge >= 0.3 is 0 Å². The number of aliphatic hydroxyl groups excluding tert-OH is 1. The molecule has 0 bridgehead atoms. The van der Waals surface area contributed by atoms with E-state index in [9.17, 15) is 5.11 Å². The predicted octanol–water partition coefficient (Wildman–Crippen LogP) is 3.40.